The molecule has 4 nitrogen and oxygen atoms in total. The number of rotatable bonds is 1. The van der Waals surface area contributed by atoms with E-state index < -0.39 is 12.0 Å². The third kappa shape index (κ3) is 1.26. The summed E-state index contributed by atoms with van der Waals surface area (Å²) in [6, 6.07) is -0.745. The molecule has 1 N–H and O–H groups in total. The van der Waals surface area contributed by atoms with Crippen LogP contribution < -0.4 is 0 Å². The van der Waals surface area contributed by atoms with Crippen molar-refractivity contribution in [3.05, 3.63) is 9.78 Å². The van der Waals surface area contributed by atoms with Gasteiger partial charge in [-0.3, -0.25) is 0 Å². The molecule has 0 aromatic carbocycles. The molecular weight excluding hydrogens is 235 g/mol. The molecule has 0 radical (unpaired) electrons. The summed E-state index contributed by atoms with van der Waals surface area (Å²) in [7, 11) is 0. The zero-order valence-electron chi connectivity index (χ0n) is 4.28. The molecule has 5 heteroatoms. The van der Waals surface area contributed by atoms with Crippen molar-refractivity contribution in [2.24, 2.45) is 10.2 Å². The minimum atomic E-state index is -0.947. The SMILES string of the molecule is O=C(O)C1N=NC=C1I. The van der Waals surface area contributed by atoms with Crippen LogP contribution in [-0.4, -0.2) is 17.1 Å². The first-order valence-electron chi connectivity index (χ1n) is 2.20. The number of hydrogen-bond acceptors (Lipinski definition) is 3. The van der Waals surface area contributed by atoms with E-state index in [1.54, 1.807) is 0 Å². The maximum absolute atomic E-state index is 10.2. The van der Waals surface area contributed by atoms with E-state index in [4.69, 9.17) is 5.11 Å². The molecule has 1 atom stereocenters. The maximum atomic E-state index is 10.2. The van der Waals surface area contributed by atoms with Gasteiger partial charge < -0.3 is 5.11 Å². The number of carbonyl (C=O) groups is 1. The average molecular weight is 238 g/mol. The lowest BCUT2D eigenvalue weighted by atomic mass is 10.3. The molecule has 0 spiro atoms. The Kier molecular flexibility index (Phi) is 1.79. The van der Waals surface area contributed by atoms with Gasteiger partial charge in [0.2, 0.25) is 6.04 Å². The van der Waals surface area contributed by atoms with E-state index >= 15 is 0 Å². The lowest BCUT2D eigenvalue weighted by molar-refractivity contribution is -0.137. The molecular formula is C4H3IN2O2. The van der Waals surface area contributed by atoms with E-state index in [9.17, 15) is 4.79 Å². The van der Waals surface area contributed by atoms with Gasteiger partial charge in [0.05, 0.1) is 6.20 Å². The molecule has 1 aliphatic rings. The molecule has 0 aliphatic carbocycles. The van der Waals surface area contributed by atoms with Gasteiger partial charge in [-0.25, -0.2) is 4.79 Å². The zero-order valence-corrected chi connectivity index (χ0v) is 6.44. The molecule has 1 heterocycles. The molecule has 1 unspecified atom stereocenters. The van der Waals surface area contributed by atoms with Crippen LogP contribution in [0.3, 0.4) is 0 Å². The fraction of sp³-hybridized carbons (Fsp3) is 0.250. The lowest BCUT2D eigenvalue weighted by Gasteiger charge is -1.95. The summed E-state index contributed by atoms with van der Waals surface area (Å²) in [6.07, 6.45) is 1.44. The first-order valence-corrected chi connectivity index (χ1v) is 3.28. The summed E-state index contributed by atoms with van der Waals surface area (Å²) in [5.74, 6) is -0.947. The van der Waals surface area contributed by atoms with Gasteiger partial charge in [0.25, 0.3) is 0 Å². The highest BCUT2D eigenvalue weighted by molar-refractivity contribution is 14.1. The van der Waals surface area contributed by atoms with E-state index in [-0.39, 0.29) is 0 Å². The molecule has 9 heavy (non-hydrogen) atoms. The summed E-state index contributed by atoms with van der Waals surface area (Å²) < 4.78 is 0.653. The minimum absolute atomic E-state index is 0.653. The summed E-state index contributed by atoms with van der Waals surface area (Å²) >= 11 is 1.90. The van der Waals surface area contributed by atoms with Gasteiger partial charge in [0.15, 0.2) is 0 Å². The third-order valence-electron chi connectivity index (χ3n) is 0.858. The van der Waals surface area contributed by atoms with Crippen molar-refractivity contribution in [3.63, 3.8) is 0 Å². The Hall–Kier alpha value is -0.460. The molecule has 0 fully saturated rings. The van der Waals surface area contributed by atoms with E-state index in [1.807, 2.05) is 22.6 Å². The number of azo groups is 1. The highest BCUT2D eigenvalue weighted by atomic mass is 127. The first-order chi connectivity index (χ1) is 4.22. The standard InChI is InChI=1S/C4H3IN2O2/c5-2-1-6-7-3(2)4(8)9/h1,3H,(H,8,9). The maximum Gasteiger partial charge on any atom is 0.335 e. The number of carboxylic acid groups (broad SMARTS) is 1. The van der Waals surface area contributed by atoms with Crippen molar-refractivity contribution in [2.45, 2.75) is 6.04 Å². The van der Waals surface area contributed by atoms with Gasteiger partial charge in [-0.2, -0.15) is 10.2 Å². The van der Waals surface area contributed by atoms with Crippen LogP contribution in [0.15, 0.2) is 20.0 Å². The van der Waals surface area contributed by atoms with Crippen LogP contribution in [0, 0.1) is 0 Å². The van der Waals surface area contributed by atoms with E-state index in [1.165, 1.54) is 6.20 Å². The fourth-order valence-corrected chi connectivity index (χ4v) is 0.964. The minimum Gasteiger partial charge on any atom is -0.479 e. The molecule has 0 bridgehead atoms. The largest absolute Gasteiger partial charge is 0.479 e. The summed E-state index contributed by atoms with van der Waals surface area (Å²) in [5.41, 5.74) is 0. The number of halogens is 1. The van der Waals surface area contributed by atoms with E-state index in [2.05, 4.69) is 10.2 Å². The predicted octanol–water partition coefficient (Wildman–Crippen LogP) is 1.18. The van der Waals surface area contributed by atoms with Gasteiger partial charge in [-0.1, -0.05) is 0 Å². The van der Waals surface area contributed by atoms with Crippen molar-refractivity contribution >= 4 is 28.6 Å². The van der Waals surface area contributed by atoms with Crippen LogP contribution in [-0.2, 0) is 4.79 Å². The lowest BCUT2D eigenvalue weighted by Crippen LogP contribution is -2.14. The van der Waals surface area contributed by atoms with Crippen LogP contribution in [0.25, 0.3) is 0 Å². The van der Waals surface area contributed by atoms with Crippen molar-refractivity contribution < 1.29 is 9.90 Å². The van der Waals surface area contributed by atoms with Crippen molar-refractivity contribution in [3.8, 4) is 0 Å². The number of hydrogen-bond donors (Lipinski definition) is 1. The molecule has 48 valence electrons. The first kappa shape index (κ1) is 6.66. The number of aliphatic carboxylic acids is 1. The van der Waals surface area contributed by atoms with Crippen LogP contribution >= 0.6 is 22.6 Å². The van der Waals surface area contributed by atoms with Gasteiger partial charge in [-0.05, 0) is 22.6 Å². The Morgan fingerprint density at radius 3 is 2.78 bits per heavy atom. The van der Waals surface area contributed by atoms with Crippen molar-refractivity contribution in [1.29, 1.82) is 0 Å². The van der Waals surface area contributed by atoms with Gasteiger partial charge >= 0.3 is 5.97 Å². The second-order valence-electron chi connectivity index (χ2n) is 1.49. The smallest absolute Gasteiger partial charge is 0.335 e. The number of carboxylic acids is 1. The Morgan fingerprint density at radius 1 is 1.89 bits per heavy atom. The third-order valence-corrected chi connectivity index (χ3v) is 1.73. The molecule has 1 aliphatic heterocycles. The topological polar surface area (TPSA) is 62.0 Å². The second-order valence-corrected chi connectivity index (χ2v) is 2.73. The Labute approximate surface area is 64.8 Å². The second kappa shape index (κ2) is 2.42. The molecule has 0 aromatic rings. The van der Waals surface area contributed by atoms with Crippen LogP contribution in [0.2, 0.25) is 0 Å². The van der Waals surface area contributed by atoms with Crippen molar-refractivity contribution in [1.82, 2.24) is 0 Å². The molecule has 0 saturated heterocycles. The van der Waals surface area contributed by atoms with E-state index in [0.717, 1.165) is 0 Å². The van der Waals surface area contributed by atoms with Crippen LogP contribution in [0.1, 0.15) is 0 Å². The molecule has 0 aromatic heterocycles. The van der Waals surface area contributed by atoms with Gasteiger partial charge in [0.1, 0.15) is 0 Å². The van der Waals surface area contributed by atoms with E-state index in [0.29, 0.717) is 3.58 Å². The fourth-order valence-electron chi connectivity index (χ4n) is 0.448. The van der Waals surface area contributed by atoms with Gasteiger partial charge in [-0.15, -0.1) is 0 Å². The molecule has 0 saturated carbocycles. The quantitative estimate of drug-likeness (QED) is 0.697. The number of nitrogens with zero attached hydrogens (tertiary/aromatic N) is 2. The Morgan fingerprint density at radius 2 is 2.56 bits per heavy atom. The molecule has 1 rings (SSSR count). The summed E-state index contributed by atoms with van der Waals surface area (Å²) in [5, 5.41) is 15.3. The van der Waals surface area contributed by atoms with Crippen molar-refractivity contribution in [2.75, 3.05) is 0 Å². The predicted molar refractivity (Wildman–Crippen MR) is 38.4 cm³/mol. The Bertz CT molecular complexity index is 199. The Balaban J connectivity index is 2.74. The van der Waals surface area contributed by atoms with Crippen LogP contribution in [0.5, 0.6) is 0 Å². The highest BCUT2D eigenvalue weighted by Gasteiger charge is 2.22. The monoisotopic (exact) mass is 238 g/mol. The zero-order chi connectivity index (χ0) is 6.85. The summed E-state index contributed by atoms with van der Waals surface area (Å²) in [6.45, 7) is 0. The highest BCUT2D eigenvalue weighted by Crippen LogP contribution is 2.20. The summed E-state index contributed by atoms with van der Waals surface area (Å²) in [4.78, 5) is 10.2. The normalized spacial score (nSPS) is 24.1. The van der Waals surface area contributed by atoms with Crippen LogP contribution in [0.4, 0.5) is 0 Å². The molecule has 0 amide bonds. The average Bonchev–Trinajstić information content (AvgIpc) is 2.13. The van der Waals surface area contributed by atoms with Gasteiger partial charge in [0, 0.05) is 3.58 Å².